The van der Waals surface area contributed by atoms with E-state index < -0.39 is 23.9 Å². The Bertz CT molecular complexity index is 1300. The molecular weight excluding hydrogens is 422 g/mol. The third-order valence-corrected chi connectivity index (χ3v) is 5.59. The van der Waals surface area contributed by atoms with Crippen LogP contribution in [0.5, 0.6) is 0 Å². The summed E-state index contributed by atoms with van der Waals surface area (Å²) in [6, 6.07) is 23.0. The average molecular weight is 441 g/mol. The van der Waals surface area contributed by atoms with Crippen molar-refractivity contribution in [1.82, 2.24) is 5.01 Å². The minimum Gasteiger partial charge on any atom is -0.478 e. The standard InChI is InChI=1S/C25H19N3O5/c29-20-14-21(30)28(24(20)31)27-19-12-11-17(25(32)33)13-18(19)26-22(15-7-3-1-4-8-15)23(27)16-9-5-2-6-10-16/h1-13,20,26,29H,14H2,(H,32,33). The Morgan fingerprint density at radius 1 is 0.879 bits per heavy atom. The van der Waals surface area contributed by atoms with Gasteiger partial charge in [-0.1, -0.05) is 60.7 Å². The van der Waals surface area contributed by atoms with Gasteiger partial charge in [-0.15, -0.1) is 0 Å². The monoisotopic (exact) mass is 441 g/mol. The van der Waals surface area contributed by atoms with Crippen LogP contribution >= 0.6 is 0 Å². The molecule has 33 heavy (non-hydrogen) atoms. The van der Waals surface area contributed by atoms with Gasteiger partial charge in [0, 0.05) is 11.1 Å². The van der Waals surface area contributed by atoms with Gasteiger partial charge < -0.3 is 15.5 Å². The van der Waals surface area contributed by atoms with E-state index in [4.69, 9.17) is 0 Å². The maximum absolute atomic E-state index is 12.9. The van der Waals surface area contributed by atoms with Crippen LogP contribution < -0.4 is 10.3 Å². The first-order valence-corrected chi connectivity index (χ1v) is 10.3. The van der Waals surface area contributed by atoms with Crippen molar-refractivity contribution in [3.05, 3.63) is 95.6 Å². The predicted octanol–water partition coefficient (Wildman–Crippen LogP) is 3.18. The van der Waals surface area contributed by atoms with E-state index in [1.54, 1.807) is 6.07 Å². The van der Waals surface area contributed by atoms with Gasteiger partial charge in [-0.25, -0.2) is 9.80 Å². The van der Waals surface area contributed by atoms with Gasteiger partial charge in [0.1, 0.15) is 6.10 Å². The quantitative estimate of drug-likeness (QED) is 0.534. The number of nitrogens with zero attached hydrogens (tertiary/aromatic N) is 2. The molecule has 3 aromatic carbocycles. The molecule has 8 nitrogen and oxygen atoms in total. The maximum atomic E-state index is 12.9. The van der Waals surface area contributed by atoms with Crippen molar-refractivity contribution in [2.24, 2.45) is 0 Å². The molecule has 8 heteroatoms. The van der Waals surface area contributed by atoms with E-state index in [0.717, 1.165) is 16.1 Å². The highest BCUT2D eigenvalue weighted by atomic mass is 16.4. The number of rotatable bonds is 4. The Balaban J connectivity index is 1.82. The molecule has 2 aliphatic heterocycles. The number of fused-ring (bicyclic) bond motifs is 1. The van der Waals surface area contributed by atoms with Gasteiger partial charge in [-0.3, -0.25) is 9.59 Å². The summed E-state index contributed by atoms with van der Waals surface area (Å²) in [5.41, 5.74) is 3.47. The number of carboxylic acids is 1. The number of imide groups is 1. The normalized spacial score (nSPS) is 17.8. The Labute approximate surface area is 189 Å². The zero-order chi connectivity index (χ0) is 23.1. The Hall–Kier alpha value is -4.43. The molecule has 0 spiro atoms. The number of anilines is 2. The van der Waals surface area contributed by atoms with Crippen molar-refractivity contribution >= 4 is 40.6 Å². The summed E-state index contributed by atoms with van der Waals surface area (Å²) in [6.45, 7) is 0. The van der Waals surface area contributed by atoms with Gasteiger partial charge in [0.2, 0.25) is 0 Å². The van der Waals surface area contributed by atoms with Crippen molar-refractivity contribution < 1.29 is 24.6 Å². The number of hydrogen-bond donors (Lipinski definition) is 3. The number of aromatic carboxylic acids is 1. The van der Waals surface area contributed by atoms with Crippen LogP contribution in [0.1, 0.15) is 27.9 Å². The van der Waals surface area contributed by atoms with Crippen LogP contribution in [-0.2, 0) is 9.59 Å². The van der Waals surface area contributed by atoms with E-state index in [1.807, 2.05) is 60.7 Å². The number of hydrogen-bond acceptors (Lipinski definition) is 6. The van der Waals surface area contributed by atoms with Crippen molar-refractivity contribution in [3.63, 3.8) is 0 Å². The van der Waals surface area contributed by atoms with E-state index in [0.29, 0.717) is 22.8 Å². The third kappa shape index (κ3) is 3.42. The minimum absolute atomic E-state index is 0.0517. The summed E-state index contributed by atoms with van der Waals surface area (Å²) >= 11 is 0. The van der Waals surface area contributed by atoms with Crippen LogP contribution in [0.4, 0.5) is 11.4 Å². The molecule has 0 saturated carbocycles. The number of hydrazine groups is 1. The Kier molecular flexibility index (Phi) is 4.91. The molecule has 0 radical (unpaired) electrons. The molecular formula is C25H19N3O5. The number of nitrogens with one attached hydrogen (secondary N) is 1. The first kappa shape index (κ1) is 20.5. The van der Waals surface area contributed by atoms with E-state index >= 15 is 0 Å². The molecule has 1 atom stereocenters. The molecule has 1 fully saturated rings. The van der Waals surface area contributed by atoms with Gasteiger partial charge >= 0.3 is 5.97 Å². The molecule has 2 aliphatic rings. The third-order valence-electron chi connectivity index (χ3n) is 5.59. The smallest absolute Gasteiger partial charge is 0.335 e. The Morgan fingerprint density at radius 3 is 2.09 bits per heavy atom. The number of amides is 2. The zero-order valence-corrected chi connectivity index (χ0v) is 17.3. The van der Waals surface area contributed by atoms with E-state index in [2.05, 4.69) is 5.32 Å². The van der Waals surface area contributed by atoms with Crippen molar-refractivity contribution in [2.45, 2.75) is 12.5 Å². The lowest BCUT2D eigenvalue weighted by Crippen LogP contribution is -2.48. The van der Waals surface area contributed by atoms with Crippen LogP contribution in [0.15, 0.2) is 78.9 Å². The topological polar surface area (TPSA) is 110 Å². The highest BCUT2D eigenvalue weighted by Crippen LogP contribution is 2.44. The largest absolute Gasteiger partial charge is 0.478 e. The van der Waals surface area contributed by atoms with Gasteiger partial charge in [0.15, 0.2) is 0 Å². The molecule has 2 heterocycles. The number of carbonyl (C=O) groups is 3. The lowest BCUT2D eigenvalue weighted by molar-refractivity contribution is -0.140. The summed E-state index contributed by atoms with van der Waals surface area (Å²) in [5, 5.41) is 25.3. The SMILES string of the molecule is O=C(O)c1ccc2c(c1)NC(c1ccccc1)=C(c1ccccc1)N2N1C(=O)CC(O)C1=O. The van der Waals surface area contributed by atoms with Crippen LogP contribution in [0.25, 0.3) is 11.4 Å². The minimum atomic E-state index is -1.44. The fraction of sp³-hybridized carbons (Fsp3) is 0.0800. The van der Waals surface area contributed by atoms with Crippen LogP contribution in [0, 0.1) is 0 Å². The molecule has 3 N–H and O–H groups in total. The molecule has 1 unspecified atom stereocenters. The maximum Gasteiger partial charge on any atom is 0.335 e. The first-order valence-electron chi connectivity index (χ1n) is 10.3. The number of carboxylic acid groups (broad SMARTS) is 1. The number of aliphatic hydroxyl groups excluding tert-OH is 1. The van der Waals surface area contributed by atoms with Gasteiger partial charge in [-0.2, -0.15) is 5.01 Å². The van der Waals surface area contributed by atoms with E-state index in [-0.39, 0.29) is 12.0 Å². The molecule has 3 aromatic rings. The van der Waals surface area contributed by atoms with Gasteiger partial charge in [0.05, 0.1) is 34.8 Å². The predicted molar refractivity (Wildman–Crippen MR) is 122 cm³/mol. The fourth-order valence-electron chi connectivity index (χ4n) is 4.07. The summed E-state index contributed by atoms with van der Waals surface area (Å²) in [4.78, 5) is 37.4. The van der Waals surface area contributed by atoms with Crippen molar-refractivity contribution in [2.75, 3.05) is 10.3 Å². The first-order chi connectivity index (χ1) is 16.0. The fourth-order valence-corrected chi connectivity index (χ4v) is 4.07. The van der Waals surface area contributed by atoms with Gasteiger partial charge in [-0.05, 0) is 18.2 Å². The van der Waals surface area contributed by atoms with Crippen molar-refractivity contribution in [3.8, 4) is 0 Å². The number of aliphatic hydroxyl groups is 1. The molecule has 2 amide bonds. The number of benzene rings is 3. The molecule has 5 rings (SSSR count). The van der Waals surface area contributed by atoms with E-state index in [1.165, 1.54) is 17.1 Å². The van der Waals surface area contributed by atoms with Crippen LogP contribution in [0.3, 0.4) is 0 Å². The second-order valence-corrected chi connectivity index (χ2v) is 7.69. The molecule has 164 valence electrons. The highest BCUT2D eigenvalue weighted by Gasteiger charge is 2.45. The second kappa shape index (κ2) is 7.92. The molecule has 0 aromatic heterocycles. The highest BCUT2D eigenvalue weighted by molar-refractivity contribution is 6.14. The lowest BCUT2D eigenvalue weighted by Gasteiger charge is -2.40. The second-order valence-electron chi connectivity index (χ2n) is 7.69. The zero-order valence-electron chi connectivity index (χ0n) is 17.3. The molecule has 0 aliphatic carbocycles. The van der Waals surface area contributed by atoms with E-state index in [9.17, 15) is 24.6 Å². The summed E-state index contributed by atoms with van der Waals surface area (Å²) in [5.74, 6) is -2.39. The van der Waals surface area contributed by atoms with Crippen molar-refractivity contribution in [1.29, 1.82) is 0 Å². The summed E-state index contributed by atoms with van der Waals surface area (Å²) < 4.78 is 0. The lowest BCUT2D eigenvalue weighted by atomic mass is 10.00. The molecule has 1 saturated heterocycles. The summed E-state index contributed by atoms with van der Waals surface area (Å²) in [6.07, 6.45) is -1.76. The van der Waals surface area contributed by atoms with Crippen LogP contribution in [0.2, 0.25) is 0 Å². The van der Waals surface area contributed by atoms with Crippen LogP contribution in [-0.4, -0.2) is 39.1 Å². The van der Waals surface area contributed by atoms with Gasteiger partial charge in [0.25, 0.3) is 11.8 Å². The Morgan fingerprint density at radius 2 is 1.52 bits per heavy atom. The number of carbonyl (C=O) groups excluding carboxylic acids is 2. The molecule has 0 bridgehead atoms. The summed E-state index contributed by atoms with van der Waals surface area (Å²) in [7, 11) is 0. The average Bonchev–Trinajstić information content (AvgIpc) is 3.09.